The fourth-order valence-electron chi connectivity index (χ4n) is 2.93. The zero-order valence-corrected chi connectivity index (χ0v) is 16.4. The molecule has 1 aromatic carbocycles. The van der Waals surface area contributed by atoms with Gasteiger partial charge in [-0.25, -0.2) is 0 Å². The van der Waals surface area contributed by atoms with Crippen LogP contribution in [0.5, 0.6) is 0 Å². The van der Waals surface area contributed by atoms with Gasteiger partial charge in [-0.1, -0.05) is 23.4 Å². The van der Waals surface area contributed by atoms with Gasteiger partial charge in [0.2, 0.25) is 11.7 Å². The van der Waals surface area contributed by atoms with Crippen molar-refractivity contribution >= 4 is 33.2 Å². The Labute approximate surface area is 163 Å². The lowest BCUT2D eigenvalue weighted by molar-refractivity contribution is 0.0614. The molecule has 3 heterocycles. The van der Waals surface area contributed by atoms with Crippen molar-refractivity contribution in [2.24, 2.45) is 0 Å². The van der Waals surface area contributed by atoms with Crippen LogP contribution in [0.15, 0.2) is 50.8 Å². The minimum Gasteiger partial charge on any atom is -0.338 e. The van der Waals surface area contributed by atoms with Gasteiger partial charge in [0, 0.05) is 30.7 Å². The predicted octanol–water partition coefficient (Wildman–Crippen LogP) is 3.52. The van der Waals surface area contributed by atoms with Crippen LogP contribution >= 0.6 is 27.3 Å². The fourth-order valence-corrected chi connectivity index (χ4v) is 4.03. The highest BCUT2D eigenvalue weighted by Gasteiger charge is 2.24. The summed E-state index contributed by atoms with van der Waals surface area (Å²) < 4.78 is 6.20. The number of rotatable bonds is 4. The minimum atomic E-state index is 0.0647. The molecule has 4 rings (SSSR count). The maximum absolute atomic E-state index is 12.7. The second-order valence-electron chi connectivity index (χ2n) is 6.04. The molecule has 6 nitrogen and oxygen atoms in total. The molecule has 8 heteroatoms. The lowest BCUT2D eigenvalue weighted by Gasteiger charge is -2.34. The maximum atomic E-state index is 12.7. The normalized spacial score (nSPS) is 15.3. The highest BCUT2D eigenvalue weighted by Crippen LogP contribution is 2.22. The van der Waals surface area contributed by atoms with Crippen LogP contribution in [0, 0.1) is 0 Å². The molecular weight excluding hydrogens is 416 g/mol. The highest BCUT2D eigenvalue weighted by molar-refractivity contribution is 9.10. The number of halogens is 1. The first-order valence-corrected chi connectivity index (χ1v) is 10.0. The summed E-state index contributed by atoms with van der Waals surface area (Å²) in [4.78, 5) is 22.2. The second kappa shape index (κ2) is 7.69. The van der Waals surface area contributed by atoms with E-state index in [1.165, 1.54) is 0 Å². The van der Waals surface area contributed by atoms with Gasteiger partial charge in [0.1, 0.15) is 0 Å². The van der Waals surface area contributed by atoms with E-state index in [9.17, 15) is 4.79 Å². The summed E-state index contributed by atoms with van der Waals surface area (Å²) in [6, 6.07) is 11.5. The van der Waals surface area contributed by atoms with Crippen LogP contribution in [-0.2, 0) is 6.54 Å². The van der Waals surface area contributed by atoms with Crippen LogP contribution in [0.1, 0.15) is 16.2 Å². The van der Waals surface area contributed by atoms with E-state index in [4.69, 9.17) is 4.52 Å². The average molecular weight is 433 g/mol. The Hall–Kier alpha value is -2.03. The van der Waals surface area contributed by atoms with E-state index in [1.54, 1.807) is 11.3 Å². The van der Waals surface area contributed by atoms with Gasteiger partial charge in [-0.2, -0.15) is 4.98 Å². The number of thiophene rings is 1. The molecule has 0 spiro atoms. The smallest absolute Gasteiger partial charge is 0.255 e. The van der Waals surface area contributed by atoms with Gasteiger partial charge < -0.3 is 9.42 Å². The number of piperazine rings is 1. The summed E-state index contributed by atoms with van der Waals surface area (Å²) in [6.45, 7) is 3.55. The molecule has 1 aliphatic rings. The Bertz CT molecular complexity index is 888. The third kappa shape index (κ3) is 3.72. The largest absolute Gasteiger partial charge is 0.338 e. The summed E-state index contributed by atoms with van der Waals surface area (Å²) >= 11 is 5.04. The fraction of sp³-hybridized carbons (Fsp3) is 0.278. The Morgan fingerprint density at radius 2 is 1.96 bits per heavy atom. The minimum absolute atomic E-state index is 0.0647. The Morgan fingerprint density at radius 1 is 1.15 bits per heavy atom. The lowest BCUT2D eigenvalue weighted by atomic mass is 10.2. The highest BCUT2D eigenvalue weighted by atomic mass is 79.9. The van der Waals surface area contributed by atoms with Crippen molar-refractivity contribution in [3.63, 3.8) is 0 Å². The van der Waals surface area contributed by atoms with Gasteiger partial charge >= 0.3 is 0 Å². The molecule has 26 heavy (non-hydrogen) atoms. The standard InChI is InChI=1S/C18H17BrN4O2S/c19-14-5-2-1-4-13(14)18(24)23-9-7-22(8-10-23)12-16-20-17(21-25-16)15-6-3-11-26-15/h1-6,11H,7-10,12H2. The van der Waals surface area contributed by atoms with Gasteiger partial charge in [-0.3, -0.25) is 9.69 Å². The molecule has 0 unspecified atom stereocenters. The van der Waals surface area contributed by atoms with Crippen LogP contribution in [0.25, 0.3) is 10.7 Å². The Kier molecular flexibility index (Phi) is 5.14. The number of amides is 1. The number of carbonyl (C=O) groups excluding carboxylic acids is 1. The van der Waals surface area contributed by atoms with Crippen molar-refractivity contribution in [2.45, 2.75) is 6.54 Å². The van der Waals surface area contributed by atoms with Crippen molar-refractivity contribution in [2.75, 3.05) is 26.2 Å². The van der Waals surface area contributed by atoms with Crippen molar-refractivity contribution < 1.29 is 9.32 Å². The van der Waals surface area contributed by atoms with Crippen molar-refractivity contribution in [3.05, 3.63) is 57.7 Å². The summed E-state index contributed by atoms with van der Waals surface area (Å²) in [5, 5.41) is 6.04. The van der Waals surface area contributed by atoms with Gasteiger partial charge in [0.15, 0.2) is 0 Å². The first-order chi connectivity index (χ1) is 12.7. The molecule has 1 amide bonds. The summed E-state index contributed by atoms with van der Waals surface area (Å²) in [5.41, 5.74) is 0.707. The molecule has 0 aliphatic carbocycles. The third-order valence-electron chi connectivity index (χ3n) is 4.33. The van der Waals surface area contributed by atoms with Gasteiger partial charge in [0.25, 0.3) is 5.91 Å². The molecule has 1 aliphatic heterocycles. The number of benzene rings is 1. The molecule has 1 fully saturated rings. The third-order valence-corrected chi connectivity index (χ3v) is 5.89. The second-order valence-corrected chi connectivity index (χ2v) is 7.84. The van der Waals surface area contributed by atoms with Crippen LogP contribution in [0.2, 0.25) is 0 Å². The quantitative estimate of drug-likeness (QED) is 0.630. The van der Waals surface area contributed by atoms with E-state index in [2.05, 4.69) is 31.0 Å². The van der Waals surface area contributed by atoms with Gasteiger partial charge in [-0.05, 0) is 39.5 Å². The number of aromatic nitrogens is 2. The van der Waals surface area contributed by atoms with E-state index in [0.717, 1.165) is 22.4 Å². The Morgan fingerprint density at radius 3 is 2.69 bits per heavy atom. The molecule has 0 N–H and O–H groups in total. The molecule has 0 bridgehead atoms. The van der Waals surface area contributed by atoms with E-state index in [-0.39, 0.29) is 5.91 Å². The summed E-state index contributed by atoms with van der Waals surface area (Å²) in [7, 11) is 0. The van der Waals surface area contributed by atoms with Crippen LogP contribution in [0.3, 0.4) is 0 Å². The van der Waals surface area contributed by atoms with Crippen LogP contribution in [-0.4, -0.2) is 52.0 Å². The summed E-state index contributed by atoms with van der Waals surface area (Å²) in [5.74, 6) is 1.31. The maximum Gasteiger partial charge on any atom is 0.255 e. The summed E-state index contributed by atoms with van der Waals surface area (Å²) in [6.07, 6.45) is 0. The molecule has 0 atom stereocenters. The van der Waals surface area contributed by atoms with Crippen LogP contribution < -0.4 is 0 Å². The Balaban J connectivity index is 1.34. The lowest BCUT2D eigenvalue weighted by Crippen LogP contribution is -2.48. The molecule has 1 saturated heterocycles. The molecule has 0 radical (unpaired) electrons. The zero-order chi connectivity index (χ0) is 17.9. The predicted molar refractivity (Wildman–Crippen MR) is 103 cm³/mol. The number of nitrogens with zero attached hydrogens (tertiary/aromatic N) is 4. The van der Waals surface area contributed by atoms with E-state index >= 15 is 0 Å². The number of hydrogen-bond donors (Lipinski definition) is 0. The number of hydrogen-bond acceptors (Lipinski definition) is 6. The topological polar surface area (TPSA) is 62.5 Å². The van der Waals surface area contributed by atoms with Crippen molar-refractivity contribution in [1.29, 1.82) is 0 Å². The molecule has 134 valence electrons. The van der Waals surface area contributed by atoms with Crippen LogP contribution in [0.4, 0.5) is 0 Å². The van der Waals surface area contributed by atoms with E-state index < -0.39 is 0 Å². The van der Waals surface area contributed by atoms with E-state index in [1.807, 2.05) is 46.7 Å². The van der Waals surface area contributed by atoms with Crippen molar-refractivity contribution in [3.8, 4) is 10.7 Å². The zero-order valence-electron chi connectivity index (χ0n) is 14.0. The monoisotopic (exact) mass is 432 g/mol. The SMILES string of the molecule is O=C(c1ccccc1Br)N1CCN(Cc2nc(-c3cccs3)no2)CC1. The first-order valence-electron chi connectivity index (χ1n) is 8.33. The van der Waals surface area contributed by atoms with Crippen molar-refractivity contribution in [1.82, 2.24) is 19.9 Å². The average Bonchev–Trinajstić information content (AvgIpc) is 3.34. The molecule has 0 saturated carbocycles. The molecule has 2 aromatic heterocycles. The molecule has 3 aromatic rings. The van der Waals surface area contributed by atoms with Gasteiger partial charge in [0.05, 0.1) is 17.0 Å². The van der Waals surface area contributed by atoms with Gasteiger partial charge in [-0.15, -0.1) is 11.3 Å². The molecular formula is C18H17BrN4O2S. The van der Waals surface area contributed by atoms with E-state index in [0.29, 0.717) is 36.9 Å². The first kappa shape index (κ1) is 17.4. The number of carbonyl (C=O) groups is 1.